The minimum atomic E-state index is -3.67. The molecular formula is C17H19BrN2O5S2. The minimum absolute atomic E-state index is 0.107. The monoisotopic (exact) mass is 474 g/mol. The van der Waals surface area contributed by atoms with Crippen molar-refractivity contribution in [3.05, 3.63) is 39.0 Å². The molecule has 146 valence electrons. The van der Waals surface area contributed by atoms with Gasteiger partial charge in [0.1, 0.15) is 5.75 Å². The molecule has 0 aliphatic carbocycles. The number of hydrogen-bond donors (Lipinski definition) is 1. The molecule has 1 amide bonds. The molecule has 1 aromatic heterocycles. The number of carbonyl (C=O) groups excluding carboxylic acids is 1. The molecule has 1 aliphatic heterocycles. The average Bonchev–Trinajstić information content (AvgIpc) is 3.10. The summed E-state index contributed by atoms with van der Waals surface area (Å²) in [7, 11) is -3.67. The first-order valence-electron chi connectivity index (χ1n) is 8.33. The Labute approximate surface area is 170 Å². The smallest absolute Gasteiger partial charge is 0.265 e. The van der Waals surface area contributed by atoms with Crippen LogP contribution in [-0.4, -0.2) is 51.5 Å². The molecule has 1 aliphatic rings. The molecule has 1 aromatic carbocycles. The van der Waals surface area contributed by atoms with Crippen LogP contribution < -0.4 is 10.1 Å². The number of thiophene rings is 1. The van der Waals surface area contributed by atoms with Crippen molar-refractivity contribution in [2.24, 2.45) is 0 Å². The summed E-state index contributed by atoms with van der Waals surface area (Å²) in [6.07, 6.45) is 0. The van der Waals surface area contributed by atoms with Crippen LogP contribution >= 0.6 is 27.3 Å². The van der Waals surface area contributed by atoms with E-state index in [0.29, 0.717) is 49.2 Å². The van der Waals surface area contributed by atoms with E-state index in [1.54, 1.807) is 18.2 Å². The number of nitrogens with zero attached hydrogens (tertiary/aromatic N) is 1. The zero-order valence-electron chi connectivity index (χ0n) is 14.6. The zero-order valence-corrected chi connectivity index (χ0v) is 17.8. The number of rotatable bonds is 6. The predicted octanol–water partition coefficient (Wildman–Crippen LogP) is 3.18. The molecule has 0 unspecified atom stereocenters. The molecule has 0 bridgehead atoms. The van der Waals surface area contributed by atoms with Gasteiger partial charge in [0.2, 0.25) is 10.0 Å². The lowest BCUT2D eigenvalue weighted by Gasteiger charge is -2.26. The summed E-state index contributed by atoms with van der Waals surface area (Å²) in [5.41, 5.74) is 0.320. The Hall–Kier alpha value is -1.46. The van der Waals surface area contributed by atoms with E-state index in [0.717, 1.165) is 3.79 Å². The van der Waals surface area contributed by atoms with Crippen LogP contribution in [0, 0.1) is 0 Å². The van der Waals surface area contributed by atoms with E-state index in [-0.39, 0.29) is 10.8 Å². The number of benzene rings is 1. The maximum absolute atomic E-state index is 12.9. The van der Waals surface area contributed by atoms with Crippen LogP contribution in [0.2, 0.25) is 0 Å². The van der Waals surface area contributed by atoms with Gasteiger partial charge in [0.25, 0.3) is 5.91 Å². The second-order valence-electron chi connectivity index (χ2n) is 5.67. The number of amides is 1. The lowest BCUT2D eigenvalue weighted by atomic mass is 10.3. The van der Waals surface area contributed by atoms with Crippen molar-refractivity contribution in [2.45, 2.75) is 11.8 Å². The van der Waals surface area contributed by atoms with Crippen LogP contribution in [0.4, 0.5) is 5.69 Å². The predicted molar refractivity (Wildman–Crippen MR) is 107 cm³/mol. The van der Waals surface area contributed by atoms with Gasteiger partial charge in [-0.3, -0.25) is 4.79 Å². The van der Waals surface area contributed by atoms with E-state index in [4.69, 9.17) is 9.47 Å². The van der Waals surface area contributed by atoms with E-state index >= 15 is 0 Å². The van der Waals surface area contributed by atoms with Crippen LogP contribution in [-0.2, 0) is 14.8 Å². The summed E-state index contributed by atoms with van der Waals surface area (Å²) >= 11 is 4.62. The number of sulfonamides is 1. The van der Waals surface area contributed by atoms with E-state index < -0.39 is 10.0 Å². The maximum Gasteiger partial charge on any atom is 0.265 e. The first kappa shape index (κ1) is 20.3. The number of halogens is 1. The molecule has 10 heteroatoms. The lowest BCUT2D eigenvalue weighted by molar-refractivity contribution is 0.0730. The SMILES string of the molecule is CCOc1ccc(S(=O)(=O)N2CCOCC2)cc1NC(=O)c1ccc(Br)s1. The average molecular weight is 475 g/mol. The molecule has 1 saturated heterocycles. The maximum atomic E-state index is 12.9. The number of anilines is 1. The number of ether oxygens (including phenoxy) is 2. The molecule has 3 rings (SSSR count). The first-order chi connectivity index (χ1) is 12.9. The second kappa shape index (κ2) is 8.70. The molecule has 27 heavy (non-hydrogen) atoms. The lowest BCUT2D eigenvalue weighted by Crippen LogP contribution is -2.40. The largest absolute Gasteiger partial charge is 0.492 e. The third-order valence-electron chi connectivity index (χ3n) is 3.90. The molecule has 0 atom stereocenters. The summed E-state index contributed by atoms with van der Waals surface area (Å²) in [5.74, 6) is 0.0926. The Morgan fingerprint density at radius 3 is 2.67 bits per heavy atom. The summed E-state index contributed by atoms with van der Waals surface area (Å²) < 4.78 is 38.7. The standard InChI is InChI=1S/C17H19BrN2O5S2/c1-2-25-14-4-3-12(27(22,23)20-7-9-24-10-8-20)11-13(14)19-17(21)15-5-6-16(18)26-15/h3-6,11H,2,7-10H2,1H3,(H,19,21). The Bertz CT molecular complexity index is 923. The van der Waals surface area contributed by atoms with Crippen molar-refractivity contribution in [3.8, 4) is 5.75 Å². The van der Waals surface area contributed by atoms with E-state index in [2.05, 4.69) is 21.2 Å². The summed E-state index contributed by atoms with van der Waals surface area (Å²) in [6.45, 7) is 3.56. The summed E-state index contributed by atoms with van der Waals surface area (Å²) in [4.78, 5) is 13.1. The molecule has 1 N–H and O–H groups in total. The fourth-order valence-electron chi connectivity index (χ4n) is 2.60. The molecule has 1 fully saturated rings. The van der Waals surface area contributed by atoms with Gasteiger partial charge in [0, 0.05) is 13.1 Å². The van der Waals surface area contributed by atoms with Gasteiger partial charge in [-0.2, -0.15) is 4.31 Å². The number of nitrogens with one attached hydrogen (secondary N) is 1. The highest BCUT2D eigenvalue weighted by molar-refractivity contribution is 9.11. The van der Waals surface area contributed by atoms with Gasteiger partial charge in [-0.15, -0.1) is 11.3 Å². The number of morpholine rings is 1. The molecule has 0 spiro atoms. The third kappa shape index (κ3) is 4.69. The van der Waals surface area contributed by atoms with Crippen molar-refractivity contribution in [1.29, 1.82) is 0 Å². The Balaban J connectivity index is 1.91. The molecule has 2 aromatic rings. The highest BCUT2D eigenvalue weighted by Crippen LogP contribution is 2.31. The first-order valence-corrected chi connectivity index (χ1v) is 11.4. The number of hydrogen-bond acceptors (Lipinski definition) is 6. The molecule has 7 nitrogen and oxygen atoms in total. The topological polar surface area (TPSA) is 84.9 Å². The molecule has 0 saturated carbocycles. The van der Waals surface area contributed by atoms with Crippen molar-refractivity contribution < 1.29 is 22.7 Å². The van der Waals surface area contributed by atoms with Crippen molar-refractivity contribution in [2.75, 3.05) is 38.2 Å². The quantitative estimate of drug-likeness (QED) is 0.694. The van der Waals surface area contributed by atoms with Crippen LogP contribution in [0.3, 0.4) is 0 Å². The summed E-state index contributed by atoms with van der Waals surface area (Å²) in [6, 6.07) is 7.97. The van der Waals surface area contributed by atoms with E-state index in [9.17, 15) is 13.2 Å². The molecular weight excluding hydrogens is 456 g/mol. The van der Waals surface area contributed by atoms with Gasteiger partial charge >= 0.3 is 0 Å². The van der Waals surface area contributed by atoms with Crippen LogP contribution in [0.5, 0.6) is 5.75 Å². The highest BCUT2D eigenvalue weighted by Gasteiger charge is 2.27. The van der Waals surface area contributed by atoms with Crippen molar-refractivity contribution in [3.63, 3.8) is 0 Å². The van der Waals surface area contributed by atoms with Gasteiger partial charge < -0.3 is 14.8 Å². The van der Waals surface area contributed by atoms with Crippen molar-refractivity contribution >= 4 is 48.9 Å². The zero-order chi connectivity index (χ0) is 19.4. The van der Waals surface area contributed by atoms with Gasteiger partial charge in [0.15, 0.2) is 0 Å². The minimum Gasteiger partial charge on any atom is -0.492 e. The Morgan fingerprint density at radius 2 is 2.04 bits per heavy atom. The van der Waals surface area contributed by atoms with Crippen LogP contribution in [0.15, 0.2) is 39.0 Å². The van der Waals surface area contributed by atoms with Gasteiger partial charge in [-0.25, -0.2) is 8.42 Å². The Morgan fingerprint density at radius 1 is 1.30 bits per heavy atom. The van der Waals surface area contributed by atoms with E-state index in [1.165, 1.54) is 27.8 Å². The van der Waals surface area contributed by atoms with Crippen LogP contribution in [0.1, 0.15) is 16.6 Å². The fourth-order valence-corrected chi connectivity index (χ4v) is 5.32. The summed E-state index contributed by atoms with van der Waals surface area (Å²) in [5, 5.41) is 2.76. The number of carbonyl (C=O) groups is 1. The van der Waals surface area contributed by atoms with Gasteiger partial charge in [0.05, 0.1) is 39.1 Å². The Kier molecular flexibility index (Phi) is 6.53. The third-order valence-corrected chi connectivity index (χ3v) is 7.42. The molecule has 2 heterocycles. The van der Waals surface area contributed by atoms with Crippen LogP contribution in [0.25, 0.3) is 0 Å². The van der Waals surface area contributed by atoms with Gasteiger partial charge in [-0.05, 0) is 53.2 Å². The highest BCUT2D eigenvalue weighted by atomic mass is 79.9. The van der Waals surface area contributed by atoms with E-state index in [1.807, 2.05) is 6.92 Å². The van der Waals surface area contributed by atoms with Gasteiger partial charge in [-0.1, -0.05) is 0 Å². The molecule has 0 radical (unpaired) electrons. The fraction of sp³-hybridized carbons (Fsp3) is 0.353. The second-order valence-corrected chi connectivity index (χ2v) is 10.1. The normalized spacial score (nSPS) is 15.5. The van der Waals surface area contributed by atoms with Crippen molar-refractivity contribution in [1.82, 2.24) is 4.31 Å².